The van der Waals surface area contributed by atoms with Crippen LogP contribution < -0.4 is 5.32 Å². The number of rotatable bonds is 5. The van der Waals surface area contributed by atoms with E-state index in [-0.39, 0.29) is 5.69 Å². The number of hydrogen-bond acceptors (Lipinski definition) is 5. The molecule has 2 heterocycles. The Morgan fingerprint density at radius 3 is 2.50 bits per heavy atom. The molecule has 1 aliphatic rings. The van der Waals surface area contributed by atoms with E-state index in [1.807, 2.05) is 6.07 Å². The SMILES string of the molecule is CC(c1ccccc1)N1CCC(Nc2cnc(C(=O)O)cn2)CC1. The first-order chi connectivity index (χ1) is 11.6. The van der Waals surface area contributed by atoms with Gasteiger partial charge in [-0.3, -0.25) is 4.90 Å². The van der Waals surface area contributed by atoms with Crippen molar-refractivity contribution in [2.75, 3.05) is 18.4 Å². The standard InChI is InChI=1S/C18H22N4O2/c1-13(14-5-3-2-4-6-14)22-9-7-15(8-10-22)21-17-12-19-16(11-20-17)18(23)24/h2-6,11-13,15H,7-10H2,1H3,(H,20,21)(H,23,24). The van der Waals surface area contributed by atoms with Gasteiger partial charge in [0.15, 0.2) is 5.69 Å². The van der Waals surface area contributed by atoms with Crippen molar-refractivity contribution in [3.63, 3.8) is 0 Å². The van der Waals surface area contributed by atoms with Crippen molar-refractivity contribution >= 4 is 11.8 Å². The van der Waals surface area contributed by atoms with Gasteiger partial charge in [-0.1, -0.05) is 30.3 Å². The number of benzene rings is 1. The first-order valence-electron chi connectivity index (χ1n) is 8.24. The third-order valence-electron chi connectivity index (χ3n) is 4.58. The van der Waals surface area contributed by atoms with Gasteiger partial charge in [0.25, 0.3) is 0 Å². The third-order valence-corrected chi connectivity index (χ3v) is 4.58. The van der Waals surface area contributed by atoms with Crippen LogP contribution in [-0.2, 0) is 0 Å². The van der Waals surface area contributed by atoms with Crippen LogP contribution in [0.4, 0.5) is 5.82 Å². The lowest BCUT2D eigenvalue weighted by Crippen LogP contribution is -2.40. The highest BCUT2D eigenvalue weighted by molar-refractivity contribution is 5.84. The van der Waals surface area contributed by atoms with Gasteiger partial charge in [0.2, 0.25) is 0 Å². The van der Waals surface area contributed by atoms with Crippen LogP contribution in [0.5, 0.6) is 0 Å². The van der Waals surface area contributed by atoms with Crippen molar-refractivity contribution in [1.82, 2.24) is 14.9 Å². The highest BCUT2D eigenvalue weighted by Gasteiger charge is 2.23. The molecule has 0 bridgehead atoms. The van der Waals surface area contributed by atoms with E-state index in [1.165, 1.54) is 18.0 Å². The van der Waals surface area contributed by atoms with Gasteiger partial charge in [-0.2, -0.15) is 0 Å². The molecule has 1 fully saturated rings. The van der Waals surface area contributed by atoms with Crippen molar-refractivity contribution < 1.29 is 9.90 Å². The Morgan fingerprint density at radius 2 is 1.92 bits per heavy atom. The summed E-state index contributed by atoms with van der Waals surface area (Å²) < 4.78 is 0. The fourth-order valence-corrected chi connectivity index (χ4v) is 3.10. The summed E-state index contributed by atoms with van der Waals surface area (Å²) in [4.78, 5) is 21.3. The van der Waals surface area contributed by atoms with Crippen LogP contribution in [0.3, 0.4) is 0 Å². The molecule has 1 saturated heterocycles. The summed E-state index contributed by atoms with van der Waals surface area (Å²) in [7, 11) is 0. The summed E-state index contributed by atoms with van der Waals surface area (Å²) in [5, 5.41) is 12.2. The summed E-state index contributed by atoms with van der Waals surface area (Å²) in [5.41, 5.74) is 1.31. The number of nitrogens with one attached hydrogen (secondary N) is 1. The molecule has 0 amide bonds. The predicted octanol–water partition coefficient (Wildman–Crippen LogP) is 2.81. The molecule has 1 aliphatic heterocycles. The Bertz CT molecular complexity index is 667. The van der Waals surface area contributed by atoms with Crippen LogP contribution in [0.2, 0.25) is 0 Å². The Labute approximate surface area is 141 Å². The smallest absolute Gasteiger partial charge is 0.356 e. The van der Waals surface area contributed by atoms with Gasteiger partial charge in [-0.25, -0.2) is 14.8 Å². The van der Waals surface area contributed by atoms with E-state index in [9.17, 15) is 4.79 Å². The number of aromatic carboxylic acids is 1. The summed E-state index contributed by atoms with van der Waals surface area (Å²) >= 11 is 0. The molecule has 2 N–H and O–H groups in total. The average Bonchev–Trinajstić information content (AvgIpc) is 2.63. The van der Waals surface area contributed by atoms with Gasteiger partial charge in [-0.15, -0.1) is 0 Å². The second-order valence-corrected chi connectivity index (χ2v) is 6.13. The molecule has 0 radical (unpaired) electrons. The van der Waals surface area contributed by atoms with Crippen molar-refractivity contribution in [2.45, 2.75) is 31.8 Å². The third kappa shape index (κ3) is 3.89. The number of aromatic nitrogens is 2. The maximum atomic E-state index is 10.8. The average molecular weight is 326 g/mol. The van der Waals surface area contributed by atoms with E-state index >= 15 is 0 Å². The van der Waals surface area contributed by atoms with Gasteiger partial charge >= 0.3 is 5.97 Å². The maximum Gasteiger partial charge on any atom is 0.356 e. The summed E-state index contributed by atoms with van der Waals surface area (Å²) in [6.45, 7) is 4.29. The van der Waals surface area contributed by atoms with E-state index in [0.717, 1.165) is 25.9 Å². The first kappa shape index (κ1) is 16.4. The highest BCUT2D eigenvalue weighted by Crippen LogP contribution is 2.24. The maximum absolute atomic E-state index is 10.8. The molecule has 2 aromatic rings. The number of likely N-dealkylation sites (tertiary alicyclic amines) is 1. The van der Waals surface area contributed by atoms with Crippen molar-refractivity contribution in [3.8, 4) is 0 Å². The van der Waals surface area contributed by atoms with E-state index < -0.39 is 5.97 Å². The van der Waals surface area contributed by atoms with Crippen LogP contribution >= 0.6 is 0 Å². The molecule has 24 heavy (non-hydrogen) atoms. The van der Waals surface area contributed by atoms with Crippen molar-refractivity contribution in [1.29, 1.82) is 0 Å². The number of piperidine rings is 1. The minimum absolute atomic E-state index is 0.0351. The van der Waals surface area contributed by atoms with E-state index in [2.05, 4.69) is 51.4 Å². The van der Waals surface area contributed by atoms with Crippen LogP contribution in [0.1, 0.15) is 41.9 Å². The summed E-state index contributed by atoms with van der Waals surface area (Å²) in [6.07, 6.45) is 4.83. The lowest BCUT2D eigenvalue weighted by Gasteiger charge is -2.36. The number of carboxylic acids is 1. The van der Waals surface area contributed by atoms with Gasteiger partial charge in [-0.05, 0) is 25.3 Å². The minimum atomic E-state index is -1.06. The van der Waals surface area contributed by atoms with Gasteiger partial charge < -0.3 is 10.4 Å². The monoisotopic (exact) mass is 326 g/mol. The van der Waals surface area contributed by atoms with E-state index in [0.29, 0.717) is 17.9 Å². The zero-order valence-electron chi connectivity index (χ0n) is 13.7. The molecule has 0 aliphatic carbocycles. The Kier molecular flexibility index (Phi) is 5.05. The lowest BCUT2D eigenvalue weighted by atomic mass is 10.0. The molecule has 0 saturated carbocycles. The van der Waals surface area contributed by atoms with Crippen LogP contribution in [0, 0.1) is 0 Å². The number of anilines is 1. The fraction of sp³-hybridized carbons (Fsp3) is 0.389. The topological polar surface area (TPSA) is 78.4 Å². The molecule has 1 aromatic heterocycles. The molecular formula is C18H22N4O2. The Balaban J connectivity index is 1.52. The number of hydrogen-bond donors (Lipinski definition) is 2. The Hall–Kier alpha value is -2.47. The number of carbonyl (C=O) groups is 1. The lowest BCUT2D eigenvalue weighted by molar-refractivity contribution is 0.0690. The zero-order chi connectivity index (χ0) is 16.9. The quantitative estimate of drug-likeness (QED) is 0.880. The second-order valence-electron chi connectivity index (χ2n) is 6.13. The number of nitrogens with zero attached hydrogens (tertiary/aromatic N) is 3. The molecule has 6 heteroatoms. The molecule has 0 spiro atoms. The predicted molar refractivity (Wildman–Crippen MR) is 92.1 cm³/mol. The fourth-order valence-electron chi connectivity index (χ4n) is 3.10. The molecule has 1 aromatic carbocycles. The minimum Gasteiger partial charge on any atom is -0.476 e. The van der Waals surface area contributed by atoms with Gasteiger partial charge in [0, 0.05) is 25.2 Å². The second kappa shape index (κ2) is 7.40. The van der Waals surface area contributed by atoms with Gasteiger partial charge in [0.1, 0.15) is 5.82 Å². The summed E-state index contributed by atoms with van der Waals surface area (Å²) in [5.74, 6) is -0.424. The number of carboxylic acid groups (broad SMARTS) is 1. The Morgan fingerprint density at radius 1 is 1.21 bits per heavy atom. The van der Waals surface area contributed by atoms with Crippen LogP contribution in [0.15, 0.2) is 42.7 Å². The summed E-state index contributed by atoms with van der Waals surface area (Å²) in [6, 6.07) is 11.3. The van der Waals surface area contributed by atoms with Crippen molar-refractivity contribution in [2.24, 2.45) is 0 Å². The van der Waals surface area contributed by atoms with E-state index in [4.69, 9.17) is 5.11 Å². The zero-order valence-corrected chi connectivity index (χ0v) is 13.7. The normalized spacial score (nSPS) is 17.4. The van der Waals surface area contributed by atoms with Crippen LogP contribution in [-0.4, -0.2) is 45.1 Å². The molecular weight excluding hydrogens is 304 g/mol. The van der Waals surface area contributed by atoms with E-state index in [1.54, 1.807) is 0 Å². The molecule has 3 rings (SSSR count). The van der Waals surface area contributed by atoms with Crippen molar-refractivity contribution in [3.05, 3.63) is 54.0 Å². The van der Waals surface area contributed by atoms with Gasteiger partial charge in [0.05, 0.1) is 12.4 Å². The van der Waals surface area contributed by atoms with Crippen LogP contribution in [0.25, 0.3) is 0 Å². The highest BCUT2D eigenvalue weighted by atomic mass is 16.4. The first-order valence-corrected chi connectivity index (χ1v) is 8.24. The molecule has 1 unspecified atom stereocenters. The molecule has 126 valence electrons. The molecule has 1 atom stereocenters. The molecule has 6 nitrogen and oxygen atoms in total. The largest absolute Gasteiger partial charge is 0.476 e.